The number of ether oxygens (including phenoxy) is 1. The Hall–Kier alpha value is -0.220. The molecular weight excluding hydrogens is 415 g/mol. The van der Waals surface area contributed by atoms with Crippen molar-refractivity contribution >= 4 is 55.1 Å². The number of methoxy groups -OCH3 is 1. The molecule has 1 unspecified atom stereocenters. The van der Waals surface area contributed by atoms with Crippen LogP contribution in [0, 0.1) is 0 Å². The van der Waals surface area contributed by atoms with Gasteiger partial charge in [0.2, 0.25) is 0 Å². The van der Waals surface area contributed by atoms with E-state index in [1.54, 1.807) is 7.11 Å². The fraction of sp³-hybridized carbons (Fsp3) is 0.143. The second kappa shape index (κ2) is 6.49. The lowest BCUT2D eigenvalue weighted by molar-refractivity contribution is 0.412. The molecule has 1 nitrogen and oxygen atoms in total. The molecular formula is C14H10Br2Cl2O. The highest BCUT2D eigenvalue weighted by molar-refractivity contribution is 9.10. The summed E-state index contributed by atoms with van der Waals surface area (Å²) in [7, 11) is 1.63. The van der Waals surface area contributed by atoms with Crippen molar-refractivity contribution in [2.75, 3.05) is 7.11 Å². The Morgan fingerprint density at radius 1 is 1.11 bits per heavy atom. The van der Waals surface area contributed by atoms with Crippen molar-refractivity contribution in [1.82, 2.24) is 0 Å². The summed E-state index contributed by atoms with van der Waals surface area (Å²) in [5, 5.41) is 0.336. The largest absolute Gasteiger partial charge is 0.496 e. The van der Waals surface area contributed by atoms with Gasteiger partial charge in [0.1, 0.15) is 5.75 Å². The van der Waals surface area contributed by atoms with Crippen molar-refractivity contribution in [1.29, 1.82) is 0 Å². The third kappa shape index (κ3) is 3.46. The van der Waals surface area contributed by atoms with Crippen LogP contribution in [0.15, 0.2) is 45.3 Å². The SMILES string of the molecule is COc1ccc(C(Cl)c2cc(Br)ccc2Cl)cc1Br. The topological polar surface area (TPSA) is 9.23 Å². The van der Waals surface area contributed by atoms with Crippen LogP contribution in [0.3, 0.4) is 0 Å². The van der Waals surface area contributed by atoms with Crippen molar-refractivity contribution in [2.24, 2.45) is 0 Å². The van der Waals surface area contributed by atoms with Gasteiger partial charge < -0.3 is 4.74 Å². The van der Waals surface area contributed by atoms with Crippen molar-refractivity contribution < 1.29 is 4.74 Å². The molecule has 2 rings (SSSR count). The molecule has 0 aliphatic rings. The lowest BCUT2D eigenvalue weighted by atomic mass is 10.0. The molecule has 0 N–H and O–H groups in total. The van der Waals surface area contributed by atoms with Crippen LogP contribution in [0.1, 0.15) is 16.5 Å². The number of rotatable bonds is 3. The number of benzene rings is 2. The average molecular weight is 425 g/mol. The molecule has 5 heteroatoms. The maximum Gasteiger partial charge on any atom is 0.133 e. The molecule has 0 saturated heterocycles. The van der Waals surface area contributed by atoms with Crippen molar-refractivity contribution in [3.8, 4) is 5.75 Å². The average Bonchev–Trinajstić information content (AvgIpc) is 2.40. The summed E-state index contributed by atoms with van der Waals surface area (Å²) >= 11 is 19.6. The van der Waals surface area contributed by atoms with Gasteiger partial charge in [0.15, 0.2) is 0 Å². The summed E-state index contributed by atoms with van der Waals surface area (Å²) in [6.45, 7) is 0. The molecule has 19 heavy (non-hydrogen) atoms. The summed E-state index contributed by atoms with van der Waals surface area (Å²) < 4.78 is 7.02. The Kier molecular flexibility index (Phi) is 5.18. The molecule has 0 radical (unpaired) electrons. The monoisotopic (exact) mass is 422 g/mol. The van der Waals surface area contributed by atoms with Crippen molar-refractivity contribution in [3.63, 3.8) is 0 Å². The van der Waals surface area contributed by atoms with E-state index < -0.39 is 0 Å². The van der Waals surface area contributed by atoms with E-state index in [4.69, 9.17) is 27.9 Å². The Morgan fingerprint density at radius 3 is 2.47 bits per heavy atom. The van der Waals surface area contributed by atoms with Gasteiger partial charge in [0, 0.05) is 9.50 Å². The van der Waals surface area contributed by atoms with Crippen LogP contribution in [0.25, 0.3) is 0 Å². The van der Waals surface area contributed by atoms with Gasteiger partial charge in [0.05, 0.1) is 17.0 Å². The first-order valence-electron chi connectivity index (χ1n) is 5.45. The van der Waals surface area contributed by atoms with Crippen molar-refractivity contribution in [3.05, 3.63) is 61.5 Å². The zero-order valence-electron chi connectivity index (χ0n) is 9.96. The summed E-state index contributed by atoms with van der Waals surface area (Å²) in [4.78, 5) is 0. The maximum atomic E-state index is 6.51. The van der Waals surface area contributed by atoms with E-state index in [-0.39, 0.29) is 5.38 Å². The number of halogens is 4. The molecule has 0 saturated carbocycles. The van der Waals surface area contributed by atoms with Crippen LogP contribution in [0.2, 0.25) is 5.02 Å². The minimum atomic E-state index is -0.313. The molecule has 1 atom stereocenters. The standard InChI is InChI=1S/C14H10Br2Cl2O/c1-19-13-5-2-8(6-11(13)16)14(18)10-7-9(15)3-4-12(10)17/h2-7,14H,1H3. The third-order valence-electron chi connectivity index (χ3n) is 2.70. The lowest BCUT2D eigenvalue weighted by Gasteiger charge is -2.14. The van der Waals surface area contributed by atoms with Gasteiger partial charge in [-0.3, -0.25) is 0 Å². The van der Waals surface area contributed by atoms with Gasteiger partial charge in [-0.2, -0.15) is 0 Å². The molecule has 0 aliphatic heterocycles. The smallest absolute Gasteiger partial charge is 0.133 e. The van der Waals surface area contributed by atoms with Gasteiger partial charge in [-0.15, -0.1) is 11.6 Å². The van der Waals surface area contributed by atoms with E-state index in [2.05, 4.69) is 31.9 Å². The Labute approximate surface area is 139 Å². The quantitative estimate of drug-likeness (QED) is 0.533. The van der Waals surface area contributed by atoms with Crippen LogP contribution in [0.4, 0.5) is 0 Å². The molecule has 0 aliphatic carbocycles. The molecule has 0 aromatic heterocycles. The highest BCUT2D eigenvalue weighted by Crippen LogP contribution is 2.37. The van der Waals surface area contributed by atoms with Gasteiger partial charge in [-0.1, -0.05) is 33.6 Å². The normalized spacial score (nSPS) is 12.3. The first kappa shape index (κ1) is 15.2. The van der Waals surface area contributed by atoms with Gasteiger partial charge in [0.25, 0.3) is 0 Å². The number of hydrogen-bond donors (Lipinski definition) is 0. The molecule has 0 bridgehead atoms. The second-order valence-electron chi connectivity index (χ2n) is 3.92. The molecule has 0 heterocycles. The van der Waals surface area contributed by atoms with E-state index in [9.17, 15) is 0 Å². The van der Waals surface area contributed by atoms with E-state index >= 15 is 0 Å². The van der Waals surface area contributed by atoms with Crippen molar-refractivity contribution in [2.45, 2.75) is 5.38 Å². The fourth-order valence-corrected chi connectivity index (χ4v) is 3.26. The minimum Gasteiger partial charge on any atom is -0.496 e. The fourth-order valence-electron chi connectivity index (χ4n) is 1.73. The van der Waals surface area contributed by atoms with E-state index in [1.807, 2.05) is 36.4 Å². The highest BCUT2D eigenvalue weighted by atomic mass is 79.9. The summed E-state index contributed by atoms with van der Waals surface area (Å²) in [6, 6.07) is 11.4. The predicted molar refractivity (Wildman–Crippen MR) is 87.5 cm³/mol. The predicted octanol–water partition coefficient (Wildman–Crippen LogP) is 6.20. The Bertz CT molecular complexity index is 602. The Morgan fingerprint density at radius 2 is 1.84 bits per heavy atom. The Balaban J connectivity index is 2.41. The number of hydrogen-bond acceptors (Lipinski definition) is 1. The molecule has 2 aromatic rings. The molecule has 2 aromatic carbocycles. The van der Waals surface area contributed by atoms with Crippen LogP contribution in [-0.4, -0.2) is 7.11 Å². The lowest BCUT2D eigenvalue weighted by Crippen LogP contribution is -1.95. The maximum absolute atomic E-state index is 6.51. The zero-order valence-corrected chi connectivity index (χ0v) is 14.6. The van der Waals surface area contributed by atoms with Gasteiger partial charge >= 0.3 is 0 Å². The first-order valence-corrected chi connectivity index (χ1v) is 7.85. The van der Waals surface area contributed by atoms with Gasteiger partial charge in [-0.05, 0) is 57.4 Å². The molecule has 0 fully saturated rings. The second-order valence-corrected chi connectivity index (χ2v) is 6.54. The van der Waals surface area contributed by atoms with E-state index in [1.165, 1.54) is 0 Å². The minimum absolute atomic E-state index is 0.313. The van der Waals surface area contributed by atoms with E-state index in [0.29, 0.717) is 5.02 Å². The van der Waals surface area contributed by atoms with E-state index in [0.717, 1.165) is 25.8 Å². The zero-order chi connectivity index (χ0) is 14.0. The third-order valence-corrected chi connectivity index (χ3v) is 4.64. The van der Waals surface area contributed by atoms with Gasteiger partial charge in [-0.25, -0.2) is 0 Å². The first-order chi connectivity index (χ1) is 9.02. The molecule has 0 spiro atoms. The molecule has 0 amide bonds. The van der Waals surface area contributed by atoms with Crippen LogP contribution in [-0.2, 0) is 0 Å². The number of alkyl halides is 1. The summed E-state index contributed by atoms with van der Waals surface area (Å²) in [6.07, 6.45) is 0. The molecule has 100 valence electrons. The van der Waals surface area contributed by atoms with Crippen LogP contribution < -0.4 is 4.74 Å². The van der Waals surface area contributed by atoms with Crippen LogP contribution in [0.5, 0.6) is 5.75 Å². The summed E-state index contributed by atoms with van der Waals surface area (Å²) in [5.74, 6) is 0.771. The van der Waals surface area contributed by atoms with Crippen LogP contribution >= 0.6 is 55.1 Å². The summed E-state index contributed by atoms with van der Waals surface area (Å²) in [5.41, 5.74) is 1.82. The highest BCUT2D eigenvalue weighted by Gasteiger charge is 2.16.